The lowest BCUT2D eigenvalue weighted by Gasteiger charge is -2.45. The molecular formula is C10H16ClNO2. The van der Waals surface area contributed by atoms with E-state index >= 15 is 0 Å². The summed E-state index contributed by atoms with van der Waals surface area (Å²) in [5, 5.41) is 3.50. The van der Waals surface area contributed by atoms with Crippen molar-refractivity contribution in [2.24, 2.45) is 0 Å². The first-order valence-electron chi connectivity index (χ1n) is 5.16. The molecule has 14 heavy (non-hydrogen) atoms. The molecule has 3 unspecified atom stereocenters. The molecule has 2 rings (SSSR count). The van der Waals surface area contributed by atoms with E-state index in [1.807, 2.05) is 0 Å². The maximum absolute atomic E-state index is 11.7. The number of hydrogen-bond acceptors (Lipinski definition) is 3. The zero-order valence-corrected chi connectivity index (χ0v) is 9.14. The van der Waals surface area contributed by atoms with E-state index in [9.17, 15) is 4.79 Å². The fourth-order valence-corrected chi connectivity index (χ4v) is 3.21. The Balaban J connectivity index is 2.18. The first-order chi connectivity index (χ1) is 6.66. The van der Waals surface area contributed by atoms with Gasteiger partial charge in [-0.1, -0.05) is 0 Å². The topological polar surface area (TPSA) is 38.3 Å². The SMILES string of the molecule is COC(=O)C12CCCC(CC(Cl)C1)N2. The average molecular weight is 218 g/mol. The molecule has 3 nitrogen and oxygen atoms in total. The molecule has 0 amide bonds. The van der Waals surface area contributed by atoms with Gasteiger partial charge in [-0.25, -0.2) is 0 Å². The van der Waals surface area contributed by atoms with Gasteiger partial charge < -0.3 is 4.74 Å². The molecule has 0 aromatic heterocycles. The van der Waals surface area contributed by atoms with Gasteiger partial charge >= 0.3 is 5.97 Å². The molecule has 2 saturated heterocycles. The molecule has 80 valence electrons. The third kappa shape index (κ3) is 1.63. The van der Waals surface area contributed by atoms with Crippen molar-refractivity contribution < 1.29 is 9.53 Å². The van der Waals surface area contributed by atoms with Gasteiger partial charge in [0.05, 0.1) is 7.11 Å². The molecule has 3 atom stereocenters. The lowest BCUT2D eigenvalue weighted by Crippen LogP contribution is -2.63. The van der Waals surface area contributed by atoms with Crippen LogP contribution in [0.3, 0.4) is 0 Å². The normalized spacial score (nSPS) is 41.9. The van der Waals surface area contributed by atoms with Crippen molar-refractivity contribution in [3.05, 3.63) is 0 Å². The van der Waals surface area contributed by atoms with Crippen LogP contribution in [0.2, 0.25) is 0 Å². The van der Waals surface area contributed by atoms with Crippen molar-refractivity contribution in [3.63, 3.8) is 0 Å². The molecule has 0 aromatic rings. The quantitative estimate of drug-likeness (QED) is 0.534. The largest absolute Gasteiger partial charge is 0.468 e. The Morgan fingerprint density at radius 1 is 1.64 bits per heavy atom. The van der Waals surface area contributed by atoms with Gasteiger partial charge in [0.15, 0.2) is 0 Å². The molecular weight excluding hydrogens is 202 g/mol. The monoisotopic (exact) mass is 217 g/mol. The Morgan fingerprint density at radius 3 is 3.14 bits per heavy atom. The van der Waals surface area contributed by atoms with Crippen LogP contribution in [0.4, 0.5) is 0 Å². The summed E-state index contributed by atoms with van der Waals surface area (Å²) in [6.45, 7) is 0. The molecule has 2 bridgehead atoms. The van der Waals surface area contributed by atoms with E-state index in [2.05, 4.69) is 5.32 Å². The second kappa shape index (κ2) is 3.70. The van der Waals surface area contributed by atoms with Gasteiger partial charge in [-0.05, 0) is 32.1 Å². The number of esters is 1. The van der Waals surface area contributed by atoms with Crippen LogP contribution in [0.25, 0.3) is 0 Å². The zero-order valence-electron chi connectivity index (χ0n) is 8.38. The summed E-state index contributed by atoms with van der Waals surface area (Å²) < 4.78 is 4.85. The summed E-state index contributed by atoms with van der Waals surface area (Å²) in [6.07, 6.45) is 4.76. The van der Waals surface area contributed by atoms with Crippen LogP contribution in [-0.2, 0) is 9.53 Å². The Morgan fingerprint density at radius 2 is 2.43 bits per heavy atom. The molecule has 0 aliphatic carbocycles. The number of ether oxygens (including phenoxy) is 1. The molecule has 2 aliphatic rings. The predicted molar refractivity (Wildman–Crippen MR) is 54.4 cm³/mol. The van der Waals surface area contributed by atoms with Gasteiger partial charge in [0.2, 0.25) is 0 Å². The number of hydrogen-bond donors (Lipinski definition) is 1. The van der Waals surface area contributed by atoms with Crippen LogP contribution in [-0.4, -0.2) is 30.0 Å². The highest BCUT2D eigenvalue weighted by molar-refractivity contribution is 6.21. The van der Waals surface area contributed by atoms with Gasteiger partial charge in [0.25, 0.3) is 0 Å². The lowest BCUT2D eigenvalue weighted by atomic mass is 9.76. The summed E-state index contributed by atoms with van der Waals surface area (Å²) in [5.41, 5.74) is -0.484. The average Bonchev–Trinajstić information content (AvgIpc) is 2.15. The summed E-state index contributed by atoms with van der Waals surface area (Å²) in [4.78, 5) is 11.7. The summed E-state index contributed by atoms with van der Waals surface area (Å²) in [7, 11) is 1.44. The molecule has 0 aromatic carbocycles. The van der Waals surface area contributed by atoms with E-state index in [1.165, 1.54) is 7.11 Å². The molecule has 2 aliphatic heterocycles. The minimum Gasteiger partial charge on any atom is -0.468 e. The lowest BCUT2D eigenvalue weighted by molar-refractivity contribution is -0.152. The van der Waals surface area contributed by atoms with Crippen molar-refractivity contribution in [3.8, 4) is 0 Å². The number of methoxy groups -OCH3 is 1. The van der Waals surface area contributed by atoms with Crippen LogP contribution in [0.1, 0.15) is 32.1 Å². The maximum atomic E-state index is 11.7. The van der Waals surface area contributed by atoms with E-state index in [-0.39, 0.29) is 11.3 Å². The number of piperidine rings is 2. The Hall–Kier alpha value is -0.280. The van der Waals surface area contributed by atoms with Crippen molar-refractivity contribution in [1.29, 1.82) is 0 Å². The highest BCUT2D eigenvalue weighted by atomic mass is 35.5. The fraction of sp³-hybridized carbons (Fsp3) is 0.900. The molecule has 0 saturated carbocycles. The van der Waals surface area contributed by atoms with Crippen LogP contribution in [0, 0.1) is 0 Å². The van der Waals surface area contributed by atoms with Crippen molar-refractivity contribution >= 4 is 17.6 Å². The minimum absolute atomic E-state index is 0.112. The fourth-order valence-electron chi connectivity index (χ4n) is 2.73. The van der Waals surface area contributed by atoms with E-state index in [1.54, 1.807) is 0 Å². The molecule has 4 heteroatoms. The number of carbonyl (C=O) groups is 1. The molecule has 0 radical (unpaired) electrons. The van der Waals surface area contributed by atoms with Crippen LogP contribution >= 0.6 is 11.6 Å². The van der Waals surface area contributed by atoms with Gasteiger partial charge in [0.1, 0.15) is 5.54 Å². The van der Waals surface area contributed by atoms with E-state index in [4.69, 9.17) is 16.3 Å². The first kappa shape index (κ1) is 10.2. The third-order valence-corrected chi connectivity index (χ3v) is 3.66. The second-order valence-electron chi connectivity index (χ2n) is 4.34. The number of alkyl halides is 1. The van der Waals surface area contributed by atoms with Gasteiger partial charge in [0, 0.05) is 11.4 Å². The Kier molecular flexibility index (Phi) is 2.71. The third-order valence-electron chi connectivity index (χ3n) is 3.32. The second-order valence-corrected chi connectivity index (χ2v) is 4.96. The van der Waals surface area contributed by atoms with Crippen molar-refractivity contribution in [2.45, 2.75) is 49.1 Å². The number of carbonyl (C=O) groups excluding carboxylic acids is 1. The van der Waals surface area contributed by atoms with Crippen molar-refractivity contribution in [2.75, 3.05) is 7.11 Å². The standard InChI is InChI=1S/C10H16ClNO2/c1-14-9(13)10-4-2-3-8(12-10)5-7(11)6-10/h7-8,12H,2-6H2,1H3. The first-order valence-corrected chi connectivity index (χ1v) is 5.60. The van der Waals surface area contributed by atoms with E-state index < -0.39 is 5.54 Å². The summed E-state index contributed by atoms with van der Waals surface area (Å²) >= 11 is 6.16. The molecule has 2 heterocycles. The Labute approximate surface area is 89.1 Å². The van der Waals surface area contributed by atoms with Crippen molar-refractivity contribution in [1.82, 2.24) is 5.32 Å². The number of fused-ring (bicyclic) bond motifs is 2. The molecule has 0 spiro atoms. The van der Waals surface area contributed by atoms with Crippen LogP contribution in [0.5, 0.6) is 0 Å². The summed E-state index contributed by atoms with van der Waals surface area (Å²) in [5.74, 6) is -0.146. The van der Waals surface area contributed by atoms with Gasteiger partial charge in [-0.15, -0.1) is 11.6 Å². The smallest absolute Gasteiger partial charge is 0.326 e. The number of rotatable bonds is 1. The molecule has 1 N–H and O–H groups in total. The Bertz CT molecular complexity index is 242. The minimum atomic E-state index is -0.484. The van der Waals surface area contributed by atoms with Crippen LogP contribution in [0.15, 0.2) is 0 Å². The number of halogens is 1. The number of nitrogens with one attached hydrogen (secondary N) is 1. The van der Waals surface area contributed by atoms with E-state index in [0.717, 1.165) is 25.7 Å². The van der Waals surface area contributed by atoms with Crippen LogP contribution < -0.4 is 5.32 Å². The summed E-state index contributed by atoms with van der Waals surface area (Å²) in [6, 6.07) is 0.402. The van der Waals surface area contributed by atoms with Gasteiger partial charge in [-0.3, -0.25) is 10.1 Å². The molecule has 2 fully saturated rings. The highest BCUT2D eigenvalue weighted by Gasteiger charge is 2.48. The van der Waals surface area contributed by atoms with E-state index in [0.29, 0.717) is 12.5 Å². The highest BCUT2D eigenvalue weighted by Crippen LogP contribution is 2.36. The predicted octanol–water partition coefficient (Wildman–Crippen LogP) is 1.44. The zero-order chi connectivity index (χ0) is 10.2. The van der Waals surface area contributed by atoms with Gasteiger partial charge in [-0.2, -0.15) is 0 Å². The maximum Gasteiger partial charge on any atom is 0.326 e.